The molecular weight excluding hydrogens is 198 g/mol. The molecule has 0 atom stereocenters. The predicted molar refractivity (Wildman–Crippen MR) is 54.0 cm³/mol. The number of rotatable bonds is 2. The summed E-state index contributed by atoms with van der Waals surface area (Å²) in [7, 11) is 0. The first-order valence-electron chi connectivity index (χ1n) is 4.47. The topological polar surface area (TPSA) is 89.8 Å². The van der Waals surface area contributed by atoms with Crippen molar-refractivity contribution in [2.45, 2.75) is 19.9 Å². The molecule has 5 nitrogen and oxygen atoms in total. The monoisotopic (exact) mass is 211 g/mol. The molecule has 82 valence electrons. The SMILES string of the molecule is CC(C)NC(=O)c1c(O)cc(O)cc1O. The largest absolute Gasteiger partial charge is 0.508 e. The summed E-state index contributed by atoms with van der Waals surface area (Å²) in [4.78, 5) is 11.5. The average Bonchev–Trinajstić information content (AvgIpc) is 1.99. The number of hydrogen-bond acceptors (Lipinski definition) is 4. The lowest BCUT2D eigenvalue weighted by molar-refractivity contribution is 0.0937. The number of carbonyl (C=O) groups excluding carboxylic acids is 1. The van der Waals surface area contributed by atoms with Gasteiger partial charge in [0.2, 0.25) is 0 Å². The average molecular weight is 211 g/mol. The molecule has 0 heterocycles. The molecule has 0 spiro atoms. The first kappa shape index (κ1) is 11.2. The summed E-state index contributed by atoms with van der Waals surface area (Å²) < 4.78 is 0. The Kier molecular flexibility index (Phi) is 3.04. The van der Waals surface area contributed by atoms with Crippen LogP contribution >= 0.6 is 0 Å². The van der Waals surface area contributed by atoms with Gasteiger partial charge in [-0.25, -0.2) is 0 Å². The molecule has 0 radical (unpaired) electrons. The molecule has 5 heteroatoms. The van der Waals surface area contributed by atoms with Crippen molar-refractivity contribution in [3.8, 4) is 17.2 Å². The number of carbonyl (C=O) groups is 1. The van der Waals surface area contributed by atoms with Crippen molar-refractivity contribution >= 4 is 5.91 Å². The van der Waals surface area contributed by atoms with E-state index in [2.05, 4.69) is 5.32 Å². The van der Waals surface area contributed by atoms with Crippen LogP contribution in [0, 0.1) is 0 Å². The quantitative estimate of drug-likeness (QED) is 0.586. The Bertz CT molecular complexity index is 364. The number of aromatic hydroxyl groups is 3. The lowest BCUT2D eigenvalue weighted by Gasteiger charge is -2.11. The molecule has 0 saturated carbocycles. The van der Waals surface area contributed by atoms with Crippen molar-refractivity contribution in [3.63, 3.8) is 0 Å². The van der Waals surface area contributed by atoms with E-state index in [0.717, 1.165) is 12.1 Å². The fourth-order valence-electron chi connectivity index (χ4n) is 1.16. The van der Waals surface area contributed by atoms with Crippen LogP contribution in [0.5, 0.6) is 17.2 Å². The lowest BCUT2D eigenvalue weighted by Crippen LogP contribution is -2.30. The minimum absolute atomic E-state index is 0.106. The molecule has 0 unspecified atom stereocenters. The van der Waals surface area contributed by atoms with Crippen LogP contribution in [0.3, 0.4) is 0 Å². The zero-order chi connectivity index (χ0) is 11.6. The molecule has 1 aromatic carbocycles. The molecule has 1 rings (SSSR count). The summed E-state index contributed by atoms with van der Waals surface area (Å²) in [6.45, 7) is 3.51. The minimum atomic E-state index is -0.583. The predicted octanol–water partition coefficient (Wildman–Crippen LogP) is 0.942. The molecule has 0 saturated heterocycles. The summed E-state index contributed by atoms with van der Waals surface area (Å²) in [5.74, 6) is -1.79. The van der Waals surface area contributed by atoms with Crippen molar-refractivity contribution in [3.05, 3.63) is 17.7 Å². The highest BCUT2D eigenvalue weighted by atomic mass is 16.3. The van der Waals surface area contributed by atoms with Gasteiger partial charge in [0.05, 0.1) is 0 Å². The Morgan fingerprint density at radius 3 is 2.07 bits per heavy atom. The van der Waals surface area contributed by atoms with Gasteiger partial charge in [0.15, 0.2) is 0 Å². The summed E-state index contributed by atoms with van der Waals surface area (Å²) in [6.07, 6.45) is 0. The van der Waals surface area contributed by atoms with Gasteiger partial charge < -0.3 is 20.6 Å². The molecule has 4 N–H and O–H groups in total. The van der Waals surface area contributed by atoms with Crippen molar-refractivity contribution in [2.24, 2.45) is 0 Å². The van der Waals surface area contributed by atoms with E-state index in [0.29, 0.717) is 0 Å². The Morgan fingerprint density at radius 2 is 1.67 bits per heavy atom. The van der Waals surface area contributed by atoms with Gasteiger partial charge in [-0.1, -0.05) is 0 Å². The Hall–Kier alpha value is -1.91. The smallest absolute Gasteiger partial charge is 0.259 e. The van der Waals surface area contributed by atoms with Crippen molar-refractivity contribution in [2.75, 3.05) is 0 Å². The standard InChI is InChI=1S/C10H13NO4/c1-5(2)11-10(15)9-7(13)3-6(12)4-8(9)14/h3-5,12-14H,1-2H3,(H,11,15). The van der Waals surface area contributed by atoms with E-state index in [9.17, 15) is 15.0 Å². The fourth-order valence-corrected chi connectivity index (χ4v) is 1.16. The van der Waals surface area contributed by atoms with Crippen LogP contribution in [0.25, 0.3) is 0 Å². The molecule has 0 fully saturated rings. The summed E-state index contributed by atoms with van der Waals surface area (Å²) in [5.41, 5.74) is -0.235. The van der Waals surface area contributed by atoms with Gasteiger partial charge in [0.1, 0.15) is 22.8 Å². The van der Waals surface area contributed by atoms with Crippen LogP contribution in [0.4, 0.5) is 0 Å². The lowest BCUT2D eigenvalue weighted by atomic mass is 10.1. The molecule has 0 aliphatic rings. The van der Waals surface area contributed by atoms with Gasteiger partial charge in [-0.05, 0) is 13.8 Å². The number of amides is 1. The van der Waals surface area contributed by atoms with Crippen molar-refractivity contribution in [1.29, 1.82) is 0 Å². The van der Waals surface area contributed by atoms with Crippen LogP contribution in [0.15, 0.2) is 12.1 Å². The highest BCUT2D eigenvalue weighted by Gasteiger charge is 2.17. The van der Waals surface area contributed by atoms with Gasteiger partial charge >= 0.3 is 0 Å². The maximum atomic E-state index is 11.5. The Balaban J connectivity index is 3.09. The van der Waals surface area contributed by atoms with Crippen LogP contribution in [-0.2, 0) is 0 Å². The maximum absolute atomic E-state index is 11.5. The summed E-state index contributed by atoms with van der Waals surface area (Å²) >= 11 is 0. The molecule has 1 aromatic rings. The molecule has 0 aliphatic carbocycles. The highest BCUT2D eigenvalue weighted by Crippen LogP contribution is 2.31. The van der Waals surface area contributed by atoms with E-state index in [1.807, 2.05) is 0 Å². The van der Waals surface area contributed by atoms with Crippen LogP contribution in [0.1, 0.15) is 24.2 Å². The van der Waals surface area contributed by atoms with E-state index in [1.54, 1.807) is 13.8 Å². The highest BCUT2D eigenvalue weighted by molar-refractivity contribution is 5.99. The second-order valence-electron chi connectivity index (χ2n) is 3.49. The van der Waals surface area contributed by atoms with Gasteiger partial charge in [-0.15, -0.1) is 0 Å². The van der Waals surface area contributed by atoms with Crippen LogP contribution in [0.2, 0.25) is 0 Å². The number of phenolic OH excluding ortho intramolecular Hbond substituents is 3. The third-order valence-electron chi connectivity index (χ3n) is 1.73. The Labute approximate surface area is 87.0 Å². The molecule has 0 aromatic heterocycles. The van der Waals surface area contributed by atoms with Gasteiger partial charge in [0.25, 0.3) is 5.91 Å². The normalized spacial score (nSPS) is 10.3. The van der Waals surface area contributed by atoms with E-state index in [1.165, 1.54) is 0 Å². The Morgan fingerprint density at radius 1 is 1.20 bits per heavy atom. The third kappa shape index (κ3) is 2.52. The van der Waals surface area contributed by atoms with E-state index in [-0.39, 0.29) is 17.4 Å². The van der Waals surface area contributed by atoms with Crippen molar-refractivity contribution in [1.82, 2.24) is 5.32 Å². The van der Waals surface area contributed by atoms with E-state index < -0.39 is 17.4 Å². The second kappa shape index (κ2) is 4.08. The van der Waals surface area contributed by atoms with Gasteiger partial charge in [-0.2, -0.15) is 0 Å². The molecule has 1 amide bonds. The van der Waals surface area contributed by atoms with Crippen LogP contribution in [-0.4, -0.2) is 27.3 Å². The van der Waals surface area contributed by atoms with E-state index >= 15 is 0 Å². The van der Waals surface area contributed by atoms with Gasteiger partial charge in [-0.3, -0.25) is 4.79 Å². The summed E-state index contributed by atoms with van der Waals surface area (Å²) in [6, 6.07) is 1.88. The first-order valence-corrected chi connectivity index (χ1v) is 4.47. The molecule has 15 heavy (non-hydrogen) atoms. The zero-order valence-corrected chi connectivity index (χ0v) is 8.48. The van der Waals surface area contributed by atoms with Crippen LogP contribution < -0.4 is 5.32 Å². The van der Waals surface area contributed by atoms with E-state index in [4.69, 9.17) is 5.11 Å². The minimum Gasteiger partial charge on any atom is -0.508 e. The number of phenols is 3. The number of hydrogen-bond donors (Lipinski definition) is 4. The fraction of sp³-hybridized carbons (Fsp3) is 0.300. The summed E-state index contributed by atoms with van der Waals surface area (Å²) in [5, 5.41) is 30.3. The third-order valence-corrected chi connectivity index (χ3v) is 1.73. The number of nitrogens with one attached hydrogen (secondary N) is 1. The first-order chi connectivity index (χ1) is 6.91. The molecule has 0 bridgehead atoms. The molecule has 0 aliphatic heterocycles. The second-order valence-corrected chi connectivity index (χ2v) is 3.49. The van der Waals surface area contributed by atoms with Crippen molar-refractivity contribution < 1.29 is 20.1 Å². The maximum Gasteiger partial charge on any atom is 0.259 e. The zero-order valence-electron chi connectivity index (χ0n) is 8.48. The number of benzene rings is 1. The molecular formula is C10H13NO4. The van der Waals surface area contributed by atoms with Gasteiger partial charge in [0, 0.05) is 18.2 Å².